The maximum Gasteiger partial charge on any atom is 0.244 e. The van der Waals surface area contributed by atoms with Gasteiger partial charge in [-0.05, 0) is 64.3 Å². The fourth-order valence-corrected chi connectivity index (χ4v) is 4.16. The fourth-order valence-electron chi connectivity index (χ4n) is 4.16. The van der Waals surface area contributed by atoms with Gasteiger partial charge >= 0.3 is 0 Å². The quantitative estimate of drug-likeness (QED) is 0.929. The largest absolute Gasteiger partial charge is 0.340 e. The summed E-state index contributed by atoms with van der Waals surface area (Å²) in [5, 5.41) is 3.44. The molecule has 0 radical (unpaired) electrons. The lowest BCUT2D eigenvalue weighted by molar-refractivity contribution is -0.135. The molecule has 1 aromatic rings. The second-order valence-electron chi connectivity index (χ2n) is 7.54. The van der Waals surface area contributed by atoms with Crippen LogP contribution >= 0.6 is 0 Å². The van der Waals surface area contributed by atoms with Crippen LogP contribution in [-0.4, -0.2) is 56.0 Å². The predicted octanol–water partition coefficient (Wildman–Crippen LogP) is 2.20. The van der Waals surface area contributed by atoms with Crippen molar-refractivity contribution in [2.45, 2.75) is 32.2 Å². The van der Waals surface area contributed by atoms with Gasteiger partial charge in [0.15, 0.2) is 0 Å². The molecule has 2 aliphatic heterocycles. The summed E-state index contributed by atoms with van der Waals surface area (Å²) in [5.41, 5.74) is 2.68. The second-order valence-corrected chi connectivity index (χ2v) is 7.54. The van der Waals surface area contributed by atoms with E-state index in [9.17, 15) is 4.79 Å². The number of likely N-dealkylation sites (tertiary alicyclic amines) is 1. The fraction of sp³-hybridized carbons (Fsp3) is 0.632. The van der Waals surface area contributed by atoms with Crippen LogP contribution in [0.3, 0.4) is 0 Å². The summed E-state index contributed by atoms with van der Waals surface area (Å²) in [7, 11) is 4.00. The molecule has 0 aliphatic carbocycles. The number of amides is 1. The molecule has 2 saturated heterocycles. The van der Waals surface area contributed by atoms with Crippen LogP contribution in [0, 0.1) is 12.3 Å². The number of likely N-dealkylation sites (N-methyl/N-ethyl adjacent to an activating group) is 1. The number of nitrogens with one attached hydrogen (secondary N) is 1. The zero-order valence-corrected chi connectivity index (χ0v) is 14.6. The molecule has 126 valence electrons. The van der Waals surface area contributed by atoms with Crippen molar-refractivity contribution in [2.75, 3.05) is 40.3 Å². The lowest BCUT2D eigenvalue weighted by atomic mass is 9.78. The first-order valence-electron chi connectivity index (χ1n) is 8.73. The summed E-state index contributed by atoms with van der Waals surface area (Å²) >= 11 is 0. The van der Waals surface area contributed by atoms with Gasteiger partial charge in [0.05, 0.1) is 0 Å². The summed E-state index contributed by atoms with van der Waals surface area (Å²) in [6, 6.07) is 8.17. The van der Waals surface area contributed by atoms with Gasteiger partial charge in [-0.1, -0.05) is 29.8 Å². The maximum atomic E-state index is 13.2. The number of aryl methyl sites for hydroxylation is 1. The van der Waals surface area contributed by atoms with Crippen molar-refractivity contribution in [3.63, 3.8) is 0 Å². The zero-order chi connectivity index (χ0) is 16.4. The number of carbonyl (C=O) groups excluding carboxylic acids is 1. The molecular weight excluding hydrogens is 286 g/mol. The van der Waals surface area contributed by atoms with Crippen LogP contribution in [0.1, 0.15) is 36.4 Å². The minimum Gasteiger partial charge on any atom is -0.340 e. The number of hydrogen-bond donors (Lipinski definition) is 1. The minimum absolute atomic E-state index is 0.174. The van der Waals surface area contributed by atoms with Crippen molar-refractivity contribution in [3.05, 3.63) is 35.4 Å². The molecule has 2 aliphatic rings. The Hall–Kier alpha value is -1.39. The summed E-state index contributed by atoms with van der Waals surface area (Å²) < 4.78 is 0. The maximum absolute atomic E-state index is 13.2. The van der Waals surface area contributed by atoms with Crippen LogP contribution in [0.2, 0.25) is 0 Å². The van der Waals surface area contributed by atoms with Gasteiger partial charge in [-0.25, -0.2) is 0 Å². The number of carbonyl (C=O) groups is 1. The topological polar surface area (TPSA) is 35.6 Å². The molecule has 1 atom stereocenters. The number of benzene rings is 1. The monoisotopic (exact) mass is 315 g/mol. The zero-order valence-electron chi connectivity index (χ0n) is 14.6. The van der Waals surface area contributed by atoms with Crippen molar-refractivity contribution >= 4 is 5.91 Å². The van der Waals surface area contributed by atoms with Crippen molar-refractivity contribution in [1.82, 2.24) is 15.1 Å². The number of nitrogens with zero attached hydrogens (tertiary/aromatic N) is 2. The third kappa shape index (κ3) is 3.43. The van der Waals surface area contributed by atoms with E-state index in [4.69, 9.17) is 0 Å². The normalized spacial score (nSPS) is 21.8. The Labute approximate surface area is 139 Å². The highest BCUT2D eigenvalue weighted by molar-refractivity contribution is 5.83. The van der Waals surface area contributed by atoms with Crippen molar-refractivity contribution in [2.24, 2.45) is 5.41 Å². The first-order valence-corrected chi connectivity index (χ1v) is 8.73. The molecule has 23 heavy (non-hydrogen) atoms. The van der Waals surface area contributed by atoms with Gasteiger partial charge in [0.25, 0.3) is 0 Å². The SMILES string of the molecule is Cc1cccc(C(C(=O)N2CCC3(CCNCC3)C2)N(C)C)c1. The van der Waals surface area contributed by atoms with Crippen LogP contribution in [0.15, 0.2) is 24.3 Å². The van der Waals surface area contributed by atoms with Crippen LogP contribution in [0.5, 0.6) is 0 Å². The van der Waals surface area contributed by atoms with E-state index in [-0.39, 0.29) is 11.9 Å². The number of hydrogen-bond acceptors (Lipinski definition) is 3. The van der Waals surface area contributed by atoms with Crippen LogP contribution in [0.4, 0.5) is 0 Å². The summed E-state index contributed by atoms with van der Waals surface area (Å²) in [6.45, 7) is 6.12. The van der Waals surface area contributed by atoms with E-state index in [1.54, 1.807) is 0 Å². The lowest BCUT2D eigenvalue weighted by Gasteiger charge is -2.35. The van der Waals surface area contributed by atoms with Crippen molar-refractivity contribution in [3.8, 4) is 0 Å². The van der Waals surface area contributed by atoms with Crippen LogP contribution in [-0.2, 0) is 4.79 Å². The first kappa shape index (κ1) is 16.5. The first-order chi connectivity index (χ1) is 11.0. The Morgan fingerprint density at radius 3 is 2.65 bits per heavy atom. The van der Waals surface area contributed by atoms with Gasteiger partial charge in [-0.2, -0.15) is 0 Å². The minimum atomic E-state index is -0.174. The van der Waals surface area contributed by atoms with Gasteiger partial charge in [0.1, 0.15) is 6.04 Å². The molecule has 1 spiro atoms. The van der Waals surface area contributed by atoms with Crippen LogP contribution < -0.4 is 5.32 Å². The Kier molecular flexibility index (Phi) is 4.74. The summed E-state index contributed by atoms with van der Waals surface area (Å²) in [5.74, 6) is 0.260. The third-order valence-corrected chi connectivity index (χ3v) is 5.52. The average molecular weight is 315 g/mol. The third-order valence-electron chi connectivity index (χ3n) is 5.52. The molecule has 2 fully saturated rings. The molecule has 4 nitrogen and oxygen atoms in total. The molecule has 0 saturated carbocycles. The van der Waals surface area contributed by atoms with E-state index in [2.05, 4.69) is 35.3 Å². The van der Waals surface area contributed by atoms with E-state index < -0.39 is 0 Å². The highest BCUT2D eigenvalue weighted by Gasteiger charge is 2.42. The molecule has 1 unspecified atom stereocenters. The highest BCUT2D eigenvalue weighted by atomic mass is 16.2. The average Bonchev–Trinajstić information content (AvgIpc) is 2.91. The van der Waals surface area contributed by atoms with Gasteiger partial charge in [0.2, 0.25) is 5.91 Å². The Bertz CT molecular complexity index is 563. The molecule has 1 amide bonds. The molecule has 3 rings (SSSR count). The Morgan fingerprint density at radius 2 is 2.00 bits per heavy atom. The number of rotatable bonds is 3. The highest BCUT2D eigenvalue weighted by Crippen LogP contribution is 2.39. The van der Waals surface area contributed by atoms with Gasteiger partial charge in [0, 0.05) is 13.1 Å². The van der Waals surface area contributed by atoms with E-state index in [0.29, 0.717) is 5.41 Å². The van der Waals surface area contributed by atoms with Crippen molar-refractivity contribution < 1.29 is 4.79 Å². The summed E-state index contributed by atoms with van der Waals surface area (Å²) in [4.78, 5) is 17.3. The molecule has 0 bridgehead atoms. The van der Waals surface area contributed by atoms with Gasteiger partial charge in [-0.15, -0.1) is 0 Å². The lowest BCUT2D eigenvalue weighted by Crippen LogP contribution is -2.43. The second kappa shape index (κ2) is 6.62. The molecular formula is C19H29N3O. The van der Waals surface area contributed by atoms with E-state index >= 15 is 0 Å². The molecule has 0 aromatic heterocycles. The Morgan fingerprint density at radius 1 is 1.26 bits per heavy atom. The Balaban J connectivity index is 1.77. The molecule has 1 N–H and O–H groups in total. The molecule has 1 aromatic carbocycles. The smallest absolute Gasteiger partial charge is 0.244 e. The van der Waals surface area contributed by atoms with Gasteiger partial charge < -0.3 is 10.2 Å². The van der Waals surface area contributed by atoms with Crippen LogP contribution in [0.25, 0.3) is 0 Å². The van der Waals surface area contributed by atoms with Crippen molar-refractivity contribution in [1.29, 1.82) is 0 Å². The van der Waals surface area contributed by atoms with E-state index in [0.717, 1.165) is 38.2 Å². The molecule has 2 heterocycles. The standard InChI is InChI=1S/C19H29N3O/c1-15-5-4-6-16(13-15)17(21(2)3)18(23)22-12-9-19(14-22)7-10-20-11-8-19/h4-6,13,17,20H,7-12,14H2,1-3H3. The van der Waals surface area contributed by atoms with E-state index in [1.165, 1.54) is 18.4 Å². The van der Waals surface area contributed by atoms with Gasteiger partial charge in [-0.3, -0.25) is 9.69 Å². The number of piperidine rings is 1. The van der Waals surface area contributed by atoms with E-state index in [1.807, 2.05) is 25.1 Å². The molecule has 4 heteroatoms. The predicted molar refractivity (Wildman–Crippen MR) is 93.3 cm³/mol. The summed E-state index contributed by atoms with van der Waals surface area (Å²) in [6.07, 6.45) is 3.57.